The maximum atomic E-state index is 11.8. The molecule has 0 aliphatic carbocycles. The summed E-state index contributed by atoms with van der Waals surface area (Å²) in [4.78, 5) is 11.8. The van der Waals surface area contributed by atoms with Crippen molar-refractivity contribution < 1.29 is 14.3 Å². The predicted octanol–water partition coefficient (Wildman–Crippen LogP) is 3.87. The van der Waals surface area contributed by atoms with Gasteiger partial charge in [0, 0.05) is 12.0 Å². The van der Waals surface area contributed by atoms with Gasteiger partial charge < -0.3 is 9.47 Å². The SMILES string of the molecule is C=CCCC1(C)CC(COC(=O)c2ccccc2)=CO1. The van der Waals surface area contributed by atoms with Crippen LogP contribution in [0.5, 0.6) is 0 Å². The molecule has 1 heterocycles. The lowest BCUT2D eigenvalue weighted by Crippen LogP contribution is -2.23. The van der Waals surface area contributed by atoms with Crippen LogP contribution in [-0.2, 0) is 9.47 Å². The van der Waals surface area contributed by atoms with Crippen molar-refractivity contribution in [3.63, 3.8) is 0 Å². The zero-order chi connectivity index (χ0) is 14.4. The van der Waals surface area contributed by atoms with Gasteiger partial charge in [-0.1, -0.05) is 24.3 Å². The van der Waals surface area contributed by atoms with E-state index in [1.807, 2.05) is 24.3 Å². The molecule has 20 heavy (non-hydrogen) atoms. The molecule has 1 atom stereocenters. The van der Waals surface area contributed by atoms with Gasteiger partial charge >= 0.3 is 5.97 Å². The van der Waals surface area contributed by atoms with Crippen molar-refractivity contribution in [3.8, 4) is 0 Å². The second-order valence-electron chi connectivity index (χ2n) is 5.29. The molecule has 0 bridgehead atoms. The minimum Gasteiger partial charge on any atom is -0.495 e. The molecule has 0 amide bonds. The Balaban J connectivity index is 1.81. The first-order valence-corrected chi connectivity index (χ1v) is 6.82. The van der Waals surface area contributed by atoms with Crippen LogP contribution in [0, 0.1) is 0 Å². The third-order valence-electron chi connectivity index (χ3n) is 3.39. The molecule has 0 N–H and O–H groups in total. The summed E-state index contributed by atoms with van der Waals surface area (Å²) in [7, 11) is 0. The zero-order valence-corrected chi connectivity index (χ0v) is 11.8. The van der Waals surface area contributed by atoms with Crippen LogP contribution in [0.2, 0.25) is 0 Å². The van der Waals surface area contributed by atoms with Crippen LogP contribution in [0.25, 0.3) is 0 Å². The van der Waals surface area contributed by atoms with Crippen molar-refractivity contribution in [1.82, 2.24) is 0 Å². The highest BCUT2D eigenvalue weighted by Crippen LogP contribution is 2.32. The van der Waals surface area contributed by atoms with E-state index in [-0.39, 0.29) is 18.2 Å². The number of ether oxygens (including phenoxy) is 2. The molecule has 3 heteroatoms. The fraction of sp³-hybridized carbons (Fsp3) is 0.353. The van der Waals surface area contributed by atoms with Crippen LogP contribution < -0.4 is 0 Å². The highest BCUT2D eigenvalue weighted by molar-refractivity contribution is 5.89. The van der Waals surface area contributed by atoms with Crippen LogP contribution in [0.15, 0.2) is 54.8 Å². The highest BCUT2D eigenvalue weighted by atomic mass is 16.5. The maximum absolute atomic E-state index is 11.8. The molecule has 0 aromatic heterocycles. The predicted molar refractivity (Wildman–Crippen MR) is 78.3 cm³/mol. The molecule has 106 valence electrons. The lowest BCUT2D eigenvalue weighted by atomic mass is 9.94. The van der Waals surface area contributed by atoms with Crippen molar-refractivity contribution in [2.45, 2.75) is 31.8 Å². The Morgan fingerprint density at radius 3 is 2.90 bits per heavy atom. The number of esters is 1. The van der Waals surface area contributed by atoms with Crippen molar-refractivity contribution in [1.29, 1.82) is 0 Å². The normalized spacial score (nSPS) is 20.9. The monoisotopic (exact) mass is 272 g/mol. The molecule has 0 fully saturated rings. The summed E-state index contributed by atoms with van der Waals surface area (Å²) < 4.78 is 11.0. The Labute approximate surface area is 119 Å². The largest absolute Gasteiger partial charge is 0.495 e. The Morgan fingerprint density at radius 2 is 2.20 bits per heavy atom. The van der Waals surface area contributed by atoms with Crippen LogP contribution in [-0.4, -0.2) is 18.2 Å². The number of hydrogen-bond acceptors (Lipinski definition) is 3. The number of rotatable bonds is 6. The Kier molecular flexibility index (Phi) is 4.61. The van der Waals surface area contributed by atoms with Gasteiger partial charge in [-0.15, -0.1) is 6.58 Å². The van der Waals surface area contributed by atoms with Gasteiger partial charge in [-0.25, -0.2) is 4.79 Å². The summed E-state index contributed by atoms with van der Waals surface area (Å²) in [6.07, 6.45) is 6.25. The van der Waals surface area contributed by atoms with E-state index < -0.39 is 0 Å². The zero-order valence-electron chi connectivity index (χ0n) is 11.8. The summed E-state index contributed by atoms with van der Waals surface area (Å²) in [5.41, 5.74) is 1.39. The number of hydrogen-bond donors (Lipinski definition) is 0. The minimum atomic E-state index is -0.300. The number of carbonyl (C=O) groups is 1. The smallest absolute Gasteiger partial charge is 0.338 e. The third-order valence-corrected chi connectivity index (χ3v) is 3.39. The quantitative estimate of drug-likeness (QED) is 0.582. The molecular weight excluding hydrogens is 252 g/mol. The Bertz CT molecular complexity index is 504. The molecule has 0 spiro atoms. The summed E-state index contributed by atoms with van der Waals surface area (Å²) in [5, 5.41) is 0. The van der Waals surface area contributed by atoms with Gasteiger partial charge in [0.2, 0.25) is 0 Å². The number of allylic oxidation sites excluding steroid dienone is 1. The lowest BCUT2D eigenvalue weighted by molar-refractivity contribution is 0.0503. The van der Waals surface area contributed by atoms with Gasteiger partial charge in [-0.3, -0.25) is 0 Å². The van der Waals surface area contributed by atoms with Gasteiger partial charge in [-0.05, 0) is 31.9 Å². The topological polar surface area (TPSA) is 35.5 Å². The van der Waals surface area contributed by atoms with E-state index in [9.17, 15) is 4.79 Å². The first kappa shape index (κ1) is 14.4. The van der Waals surface area contributed by atoms with Gasteiger partial charge in [0.05, 0.1) is 11.8 Å². The van der Waals surface area contributed by atoms with E-state index in [1.165, 1.54) is 0 Å². The Hall–Kier alpha value is -2.03. The van der Waals surface area contributed by atoms with Gasteiger partial charge in [0.1, 0.15) is 12.2 Å². The molecule has 0 radical (unpaired) electrons. The van der Waals surface area contributed by atoms with E-state index in [4.69, 9.17) is 9.47 Å². The van der Waals surface area contributed by atoms with Crippen LogP contribution in [0.3, 0.4) is 0 Å². The fourth-order valence-corrected chi connectivity index (χ4v) is 2.24. The van der Waals surface area contributed by atoms with E-state index in [1.54, 1.807) is 18.4 Å². The molecular formula is C17H20O3. The molecule has 0 saturated heterocycles. The summed E-state index contributed by atoms with van der Waals surface area (Å²) in [5.74, 6) is -0.300. The average molecular weight is 272 g/mol. The molecule has 3 nitrogen and oxygen atoms in total. The average Bonchev–Trinajstić information content (AvgIpc) is 2.86. The van der Waals surface area contributed by atoms with E-state index in [0.717, 1.165) is 24.8 Å². The standard InChI is InChI=1S/C17H20O3/c1-3-4-10-17(2)11-14(13-20-17)12-19-16(18)15-8-6-5-7-9-15/h3,5-9,13H,1,4,10-12H2,2H3. The number of carbonyl (C=O) groups excluding carboxylic acids is 1. The van der Waals surface area contributed by atoms with Gasteiger partial charge in [0.15, 0.2) is 0 Å². The van der Waals surface area contributed by atoms with Crippen molar-refractivity contribution >= 4 is 5.97 Å². The maximum Gasteiger partial charge on any atom is 0.338 e. The van der Waals surface area contributed by atoms with Crippen molar-refractivity contribution in [2.24, 2.45) is 0 Å². The molecule has 1 aromatic rings. The van der Waals surface area contributed by atoms with Gasteiger partial charge in [-0.2, -0.15) is 0 Å². The van der Waals surface area contributed by atoms with Crippen molar-refractivity contribution in [2.75, 3.05) is 6.61 Å². The lowest BCUT2D eigenvalue weighted by Gasteiger charge is -2.23. The molecule has 0 saturated carbocycles. The van der Waals surface area contributed by atoms with E-state index in [0.29, 0.717) is 5.56 Å². The van der Waals surface area contributed by atoms with E-state index in [2.05, 4.69) is 13.5 Å². The summed E-state index contributed by atoms with van der Waals surface area (Å²) in [6, 6.07) is 9.00. The molecule has 1 aromatic carbocycles. The first-order chi connectivity index (χ1) is 9.63. The second kappa shape index (κ2) is 6.42. The molecule has 2 rings (SSSR count). The number of benzene rings is 1. The van der Waals surface area contributed by atoms with Crippen LogP contribution in [0.1, 0.15) is 36.5 Å². The van der Waals surface area contributed by atoms with Crippen molar-refractivity contribution in [3.05, 3.63) is 60.4 Å². The molecule has 1 aliphatic rings. The second-order valence-corrected chi connectivity index (χ2v) is 5.29. The highest BCUT2D eigenvalue weighted by Gasteiger charge is 2.31. The Morgan fingerprint density at radius 1 is 1.45 bits per heavy atom. The molecule has 1 aliphatic heterocycles. The van der Waals surface area contributed by atoms with Crippen LogP contribution in [0.4, 0.5) is 0 Å². The fourth-order valence-electron chi connectivity index (χ4n) is 2.24. The van der Waals surface area contributed by atoms with Gasteiger partial charge in [0.25, 0.3) is 0 Å². The summed E-state index contributed by atoms with van der Waals surface area (Å²) >= 11 is 0. The molecule has 1 unspecified atom stereocenters. The third kappa shape index (κ3) is 3.73. The summed E-state index contributed by atoms with van der Waals surface area (Å²) in [6.45, 7) is 6.08. The van der Waals surface area contributed by atoms with E-state index >= 15 is 0 Å². The minimum absolute atomic E-state index is 0.192. The van der Waals surface area contributed by atoms with Crippen LogP contribution >= 0.6 is 0 Å². The first-order valence-electron chi connectivity index (χ1n) is 6.82.